The van der Waals surface area contributed by atoms with E-state index in [1.807, 2.05) is 41.3 Å². The van der Waals surface area contributed by atoms with Crippen molar-refractivity contribution in [2.45, 2.75) is 40.0 Å². The highest BCUT2D eigenvalue weighted by Gasteiger charge is 2.44. The highest BCUT2D eigenvalue weighted by atomic mass is 16.2. The van der Waals surface area contributed by atoms with Gasteiger partial charge in [0.2, 0.25) is 5.91 Å². The number of hydrogen-bond acceptors (Lipinski definition) is 1. The second-order valence-electron chi connectivity index (χ2n) is 6.85. The van der Waals surface area contributed by atoms with Crippen LogP contribution in [0, 0.1) is 17.3 Å². The molecule has 0 aliphatic heterocycles. The Morgan fingerprint density at radius 3 is 2.62 bits per heavy atom. The summed E-state index contributed by atoms with van der Waals surface area (Å²) in [5.74, 6) is 1.57. The summed E-state index contributed by atoms with van der Waals surface area (Å²) in [6, 6.07) is 9.94. The Balaban J connectivity index is 2.21. The number of benzene rings is 1. The minimum Gasteiger partial charge on any atom is -0.308 e. The second kappa shape index (κ2) is 6.46. The summed E-state index contributed by atoms with van der Waals surface area (Å²) in [6.45, 7) is 11.0. The van der Waals surface area contributed by atoms with Crippen LogP contribution in [0.2, 0.25) is 0 Å². The van der Waals surface area contributed by atoms with Crippen molar-refractivity contribution in [1.82, 2.24) is 0 Å². The monoisotopic (exact) mass is 285 g/mol. The molecule has 2 nitrogen and oxygen atoms in total. The molecule has 0 N–H and O–H groups in total. The molecule has 1 saturated carbocycles. The highest BCUT2D eigenvalue weighted by Crippen LogP contribution is 2.46. The van der Waals surface area contributed by atoms with Crippen LogP contribution in [0.15, 0.2) is 43.0 Å². The first kappa shape index (κ1) is 15.8. The first-order chi connectivity index (χ1) is 9.98. The topological polar surface area (TPSA) is 20.3 Å². The van der Waals surface area contributed by atoms with Crippen molar-refractivity contribution in [3.63, 3.8) is 0 Å². The van der Waals surface area contributed by atoms with Gasteiger partial charge in [-0.2, -0.15) is 0 Å². The molecule has 0 spiro atoms. The van der Waals surface area contributed by atoms with Crippen molar-refractivity contribution >= 4 is 11.6 Å². The van der Waals surface area contributed by atoms with Crippen LogP contribution >= 0.6 is 0 Å². The molecule has 2 rings (SSSR count). The Labute approximate surface area is 128 Å². The molecule has 1 aliphatic rings. The first-order valence-corrected chi connectivity index (χ1v) is 7.96. The summed E-state index contributed by atoms with van der Waals surface area (Å²) in [6.07, 6.45) is 4.97. The van der Waals surface area contributed by atoms with Gasteiger partial charge >= 0.3 is 0 Å². The van der Waals surface area contributed by atoms with Gasteiger partial charge in [0.25, 0.3) is 0 Å². The van der Waals surface area contributed by atoms with Crippen LogP contribution in [0.1, 0.15) is 40.0 Å². The van der Waals surface area contributed by atoms with Crippen LogP contribution < -0.4 is 4.90 Å². The number of carbonyl (C=O) groups is 1. The van der Waals surface area contributed by atoms with Crippen LogP contribution in [0.4, 0.5) is 5.69 Å². The molecule has 2 atom stereocenters. The molecule has 0 saturated heterocycles. The molecular weight excluding hydrogens is 258 g/mol. The fraction of sp³-hybridized carbons (Fsp3) is 0.526. The Kier molecular flexibility index (Phi) is 4.87. The second-order valence-corrected chi connectivity index (χ2v) is 6.85. The molecule has 1 aliphatic carbocycles. The Morgan fingerprint density at radius 2 is 2.10 bits per heavy atom. The van der Waals surface area contributed by atoms with E-state index in [4.69, 9.17) is 0 Å². The smallest absolute Gasteiger partial charge is 0.233 e. The molecule has 21 heavy (non-hydrogen) atoms. The van der Waals surface area contributed by atoms with Gasteiger partial charge in [0.1, 0.15) is 0 Å². The molecule has 1 amide bonds. The van der Waals surface area contributed by atoms with Crippen molar-refractivity contribution in [3.05, 3.63) is 43.0 Å². The summed E-state index contributed by atoms with van der Waals surface area (Å²) < 4.78 is 0. The van der Waals surface area contributed by atoms with Crippen molar-refractivity contribution in [2.75, 3.05) is 11.4 Å². The first-order valence-electron chi connectivity index (χ1n) is 7.96. The van der Waals surface area contributed by atoms with Crippen LogP contribution in [0.5, 0.6) is 0 Å². The largest absolute Gasteiger partial charge is 0.308 e. The standard InChI is InChI=1S/C19H27NO/c1-5-13-20(17-9-7-6-8-10-17)18(21)19(4)12-11-16(14-19)15(2)3/h5-10,15-16H,1,11-14H2,2-4H3. The molecule has 0 heterocycles. The Bertz CT molecular complexity index is 494. The number of hydrogen-bond donors (Lipinski definition) is 0. The number of rotatable bonds is 5. The lowest BCUT2D eigenvalue weighted by atomic mass is 9.83. The van der Waals surface area contributed by atoms with E-state index in [9.17, 15) is 4.79 Å². The van der Waals surface area contributed by atoms with Gasteiger partial charge in [-0.05, 0) is 43.2 Å². The number of carbonyl (C=O) groups excluding carboxylic acids is 1. The maximum absolute atomic E-state index is 13.1. The lowest BCUT2D eigenvalue weighted by Gasteiger charge is -2.31. The third-order valence-electron chi connectivity index (χ3n) is 4.86. The predicted molar refractivity (Wildman–Crippen MR) is 89.3 cm³/mol. The van der Waals surface area contributed by atoms with Crippen molar-refractivity contribution < 1.29 is 4.79 Å². The number of amides is 1. The maximum atomic E-state index is 13.1. The zero-order chi connectivity index (χ0) is 15.5. The number of anilines is 1. The van der Waals surface area contributed by atoms with E-state index >= 15 is 0 Å². The van der Waals surface area contributed by atoms with Gasteiger partial charge in [0.05, 0.1) is 0 Å². The third-order valence-corrected chi connectivity index (χ3v) is 4.86. The minimum absolute atomic E-state index is 0.228. The molecule has 1 aromatic carbocycles. The van der Waals surface area contributed by atoms with Crippen LogP contribution in [-0.4, -0.2) is 12.5 Å². The average Bonchev–Trinajstić information content (AvgIpc) is 2.89. The summed E-state index contributed by atoms with van der Waals surface area (Å²) in [7, 11) is 0. The SMILES string of the molecule is C=CCN(C(=O)C1(C)CCC(C(C)C)C1)c1ccccc1. The predicted octanol–water partition coefficient (Wildman–Crippen LogP) is 4.67. The zero-order valence-corrected chi connectivity index (χ0v) is 13.5. The average molecular weight is 285 g/mol. The maximum Gasteiger partial charge on any atom is 0.233 e. The van der Waals surface area contributed by atoms with Crippen molar-refractivity contribution in [1.29, 1.82) is 0 Å². The van der Waals surface area contributed by atoms with Gasteiger partial charge in [0.15, 0.2) is 0 Å². The summed E-state index contributed by atoms with van der Waals surface area (Å²) >= 11 is 0. The summed E-state index contributed by atoms with van der Waals surface area (Å²) in [5.41, 5.74) is 0.741. The van der Waals surface area contributed by atoms with E-state index in [1.54, 1.807) is 0 Å². The molecule has 1 aromatic rings. The van der Waals surface area contributed by atoms with E-state index in [-0.39, 0.29) is 11.3 Å². The quantitative estimate of drug-likeness (QED) is 0.720. The van der Waals surface area contributed by atoms with E-state index in [0.29, 0.717) is 18.4 Å². The van der Waals surface area contributed by atoms with E-state index in [1.165, 1.54) is 0 Å². The van der Waals surface area contributed by atoms with Gasteiger partial charge in [-0.1, -0.05) is 45.0 Å². The van der Waals surface area contributed by atoms with Gasteiger partial charge < -0.3 is 4.90 Å². The Morgan fingerprint density at radius 1 is 1.43 bits per heavy atom. The molecule has 2 unspecified atom stereocenters. The third kappa shape index (κ3) is 3.37. The lowest BCUT2D eigenvalue weighted by Crippen LogP contribution is -2.41. The van der Waals surface area contributed by atoms with Crippen molar-refractivity contribution in [2.24, 2.45) is 17.3 Å². The molecule has 2 heteroatoms. The molecule has 114 valence electrons. The fourth-order valence-electron chi connectivity index (χ4n) is 3.42. The molecule has 1 fully saturated rings. The van der Waals surface area contributed by atoms with Crippen LogP contribution in [-0.2, 0) is 4.79 Å². The summed E-state index contributed by atoms with van der Waals surface area (Å²) in [4.78, 5) is 15.0. The van der Waals surface area contributed by atoms with Gasteiger partial charge in [-0.3, -0.25) is 4.79 Å². The van der Waals surface area contributed by atoms with Crippen LogP contribution in [0.3, 0.4) is 0 Å². The molecule has 0 radical (unpaired) electrons. The number of nitrogens with zero attached hydrogens (tertiary/aromatic N) is 1. The zero-order valence-electron chi connectivity index (χ0n) is 13.5. The molecule has 0 bridgehead atoms. The minimum atomic E-state index is -0.228. The fourth-order valence-corrected chi connectivity index (χ4v) is 3.42. The van der Waals surface area contributed by atoms with E-state index in [0.717, 1.165) is 24.9 Å². The summed E-state index contributed by atoms with van der Waals surface area (Å²) in [5, 5.41) is 0. The van der Waals surface area contributed by atoms with E-state index < -0.39 is 0 Å². The van der Waals surface area contributed by atoms with Crippen LogP contribution in [0.25, 0.3) is 0 Å². The highest BCUT2D eigenvalue weighted by molar-refractivity contribution is 5.97. The van der Waals surface area contributed by atoms with E-state index in [2.05, 4.69) is 27.4 Å². The van der Waals surface area contributed by atoms with Gasteiger partial charge in [-0.25, -0.2) is 0 Å². The molecular formula is C19H27NO. The molecule has 0 aromatic heterocycles. The van der Waals surface area contributed by atoms with Gasteiger partial charge in [-0.15, -0.1) is 6.58 Å². The number of para-hydroxylation sites is 1. The Hall–Kier alpha value is -1.57. The van der Waals surface area contributed by atoms with Gasteiger partial charge in [0, 0.05) is 17.6 Å². The normalized spacial score (nSPS) is 25.0. The lowest BCUT2D eigenvalue weighted by molar-refractivity contribution is -0.127. The van der Waals surface area contributed by atoms with Crippen molar-refractivity contribution in [3.8, 4) is 0 Å².